The molecule has 0 saturated carbocycles. The number of rotatable bonds is 6. The maximum absolute atomic E-state index is 14.5. The maximum atomic E-state index is 14.5. The van der Waals surface area contributed by atoms with Gasteiger partial charge in [-0.3, -0.25) is 4.68 Å². The molecule has 0 aliphatic heterocycles. The van der Waals surface area contributed by atoms with Crippen molar-refractivity contribution < 1.29 is 9.13 Å². The monoisotopic (exact) mass is 408 g/mol. The van der Waals surface area contributed by atoms with Crippen LogP contribution in [-0.2, 0) is 20.2 Å². The van der Waals surface area contributed by atoms with Gasteiger partial charge in [-0.15, -0.1) is 0 Å². The molecule has 2 aromatic carbocycles. The molecule has 4 aromatic rings. The SMILES string of the molecule is Cc1cc(-c2nn(C)cc2C)ccc1OCc1c(F)cccc1Cn1nn[nH]c1=O. The van der Waals surface area contributed by atoms with Crippen molar-refractivity contribution in [2.24, 2.45) is 7.05 Å². The summed E-state index contributed by atoms with van der Waals surface area (Å²) in [7, 11) is 1.89. The van der Waals surface area contributed by atoms with E-state index >= 15 is 0 Å². The van der Waals surface area contributed by atoms with Crippen molar-refractivity contribution in [1.82, 2.24) is 30.0 Å². The second kappa shape index (κ2) is 7.94. The first-order chi connectivity index (χ1) is 14.4. The van der Waals surface area contributed by atoms with Gasteiger partial charge in [-0.1, -0.05) is 12.1 Å². The Balaban J connectivity index is 1.56. The van der Waals surface area contributed by atoms with Gasteiger partial charge in [-0.25, -0.2) is 14.3 Å². The summed E-state index contributed by atoms with van der Waals surface area (Å²) in [6.07, 6.45) is 1.97. The minimum absolute atomic E-state index is 0.0252. The van der Waals surface area contributed by atoms with E-state index in [0.717, 1.165) is 27.1 Å². The van der Waals surface area contributed by atoms with Gasteiger partial charge in [0.25, 0.3) is 0 Å². The number of aryl methyl sites for hydroxylation is 3. The molecule has 154 valence electrons. The summed E-state index contributed by atoms with van der Waals surface area (Å²) in [6, 6.07) is 10.5. The van der Waals surface area contributed by atoms with Gasteiger partial charge in [0.15, 0.2) is 0 Å². The van der Waals surface area contributed by atoms with E-state index in [1.807, 2.05) is 45.3 Å². The van der Waals surface area contributed by atoms with Crippen molar-refractivity contribution in [2.45, 2.75) is 27.0 Å². The average Bonchev–Trinajstić information content (AvgIpc) is 3.26. The summed E-state index contributed by atoms with van der Waals surface area (Å²) in [6.45, 7) is 4.08. The first-order valence-electron chi connectivity index (χ1n) is 9.41. The molecule has 0 fully saturated rings. The Morgan fingerprint density at radius 2 is 2.00 bits per heavy atom. The molecule has 9 heteroatoms. The van der Waals surface area contributed by atoms with Gasteiger partial charge in [0.2, 0.25) is 0 Å². The minimum Gasteiger partial charge on any atom is -0.489 e. The number of benzene rings is 2. The van der Waals surface area contributed by atoms with Gasteiger partial charge < -0.3 is 4.74 Å². The first kappa shape index (κ1) is 19.6. The Hall–Kier alpha value is -3.75. The molecule has 0 spiro atoms. The van der Waals surface area contributed by atoms with E-state index in [1.165, 1.54) is 6.07 Å². The normalized spacial score (nSPS) is 11.1. The van der Waals surface area contributed by atoms with Crippen LogP contribution in [0, 0.1) is 19.7 Å². The molecular formula is C21H21FN6O2. The molecule has 0 atom stereocenters. The molecule has 1 N–H and O–H groups in total. The van der Waals surface area contributed by atoms with Crippen LogP contribution in [0.1, 0.15) is 22.3 Å². The van der Waals surface area contributed by atoms with Crippen LogP contribution in [0.4, 0.5) is 4.39 Å². The summed E-state index contributed by atoms with van der Waals surface area (Å²) in [4.78, 5) is 11.7. The number of aromatic amines is 1. The van der Waals surface area contributed by atoms with Crippen molar-refractivity contribution in [2.75, 3.05) is 0 Å². The lowest BCUT2D eigenvalue weighted by Gasteiger charge is -2.14. The fourth-order valence-electron chi connectivity index (χ4n) is 3.40. The lowest BCUT2D eigenvalue weighted by molar-refractivity contribution is 0.296. The predicted octanol–water partition coefficient (Wildman–Crippen LogP) is 2.75. The van der Waals surface area contributed by atoms with E-state index in [-0.39, 0.29) is 13.2 Å². The van der Waals surface area contributed by atoms with E-state index in [9.17, 15) is 9.18 Å². The van der Waals surface area contributed by atoms with Crippen LogP contribution < -0.4 is 10.4 Å². The third-order valence-electron chi connectivity index (χ3n) is 4.90. The molecule has 0 radical (unpaired) electrons. The molecule has 0 aliphatic carbocycles. The molecule has 4 rings (SSSR count). The topological polar surface area (TPSA) is 90.6 Å². The van der Waals surface area contributed by atoms with Crippen molar-refractivity contribution in [3.63, 3.8) is 0 Å². The Morgan fingerprint density at radius 3 is 2.67 bits per heavy atom. The molecule has 0 amide bonds. The van der Waals surface area contributed by atoms with Crippen LogP contribution in [0.5, 0.6) is 5.75 Å². The molecule has 0 aliphatic rings. The van der Waals surface area contributed by atoms with Crippen LogP contribution in [0.3, 0.4) is 0 Å². The first-order valence-corrected chi connectivity index (χ1v) is 9.41. The number of ether oxygens (including phenoxy) is 1. The standard InChI is InChI=1S/C21H21FN6O2/c1-13-9-15(20-14(2)10-27(3)24-20)7-8-19(13)30-12-17-16(5-4-6-18(17)22)11-28-21(29)23-25-26-28/h4-10H,11-12H2,1-3H3,(H,23,26,29). The summed E-state index contributed by atoms with van der Waals surface area (Å²) >= 11 is 0. The average molecular weight is 408 g/mol. The molecule has 0 saturated heterocycles. The zero-order valence-corrected chi connectivity index (χ0v) is 16.9. The molecule has 2 aromatic heterocycles. The molecule has 0 bridgehead atoms. The Morgan fingerprint density at radius 1 is 1.17 bits per heavy atom. The number of tetrazole rings is 1. The Labute approximate surface area is 171 Å². The number of hydrogen-bond acceptors (Lipinski definition) is 5. The zero-order valence-electron chi connectivity index (χ0n) is 16.9. The highest BCUT2D eigenvalue weighted by Crippen LogP contribution is 2.28. The van der Waals surface area contributed by atoms with Crippen LogP contribution in [0.2, 0.25) is 0 Å². The number of nitrogens with zero attached hydrogens (tertiary/aromatic N) is 5. The van der Waals surface area contributed by atoms with E-state index in [1.54, 1.807) is 16.8 Å². The number of nitrogens with one attached hydrogen (secondary N) is 1. The van der Waals surface area contributed by atoms with Crippen molar-refractivity contribution >= 4 is 0 Å². The van der Waals surface area contributed by atoms with Gasteiger partial charge in [0.1, 0.15) is 18.2 Å². The van der Waals surface area contributed by atoms with E-state index < -0.39 is 11.5 Å². The summed E-state index contributed by atoms with van der Waals surface area (Å²) in [5.41, 5.74) is 4.44. The molecular weight excluding hydrogens is 387 g/mol. The van der Waals surface area contributed by atoms with Crippen LogP contribution >= 0.6 is 0 Å². The van der Waals surface area contributed by atoms with Crippen LogP contribution in [-0.4, -0.2) is 30.0 Å². The molecule has 2 heterocycles. The fraction of sp³-hybridized carbons (Fsp3) is 0.238. The summed E-state index contributed by atoms with van der Waals surface area (Å²) < 4.78 is 23.3. The fourth-order valence-corrected chi connectivity index (χ4v) is 3.40. The van der Waals surface area contributed by atoms with E-state index in [0.29, 0.717) is 16.9 Å². The van der Waals surface area contributed by atoms with E-state index in [2.05, 4.69) is 20.6 Å². The Bertz CT molecular complexity index is 1260. The van der Waals surface area contributed by atoms with Gasteiger partial charge >= 0.3 is 5.69 Å². The van der Waals surface area contributed by atoms with Crippen LogP contribution in [0.25, 0.3) is 11.3 Å². The lowest BCUT2D eigenvalue weighted by Crippen LogP contribution is -2.20. The highest BCUT2D eigenvalue weighted by atomic mass is 19.1. The van der Waals surface area contributed by atoms with Crippen molar-refractivity contribution in [1.29, 1.82) is 0 Å². The molecule has 8 nitrogen and oxygen atoms in total. The van der Waals surface area contributed by atoms with Gasteiger partial charge in [0, 0.05) is 24.4 Å². The molecule has 30 heavy (non-hydrogen) atoms. The number of H-pyrrole nitrogens is 1. The largest absolute Gasteiger partial charge is 0.489 e. The summed E-state index contributed by atoms with van der Waals surface area (Å²) in [5.74, 6) is 0.252. The second-order valence-electron chi connectivity index (χ2n) is 7.14. The zero-order chi connectivity index (χ0) is 21.3. The number of halogens is 1. The third-order valence-corrected chi connectivity index (χ3v) is 4.90. The van der Waals surface area contributed by atoms with Crippen molar-refractivity contribution in [3.05, 3.63) is 81.2 Å². The van der Waals surface area contributed by atoms with Gasteiger partial charge in [-0.05, 0) is 65.2 Å². The third kappa shape index (κ3) is 3.86. The molecule has 0 unspecified atom stereocenters. The maximum Gasteiger partial charge on any atom is 0.361 e. The highest BCUT2D eigenvalue weighted by molar-refractivity contribution is 5.64. The lowest BCUT2D eigenvalue weighted by atomic mass is 10.1. The second-order valence-corrected chi connectivity index (χ2v) is 7.14. The van der Waals surface area contributed by atoms with E-state index in [4.69, 9.17) is 4.74 Å². The van der Waals surface area contributed by atoms with Gasteiger partial charge in [-0.2, -0.15) is 9.78 Å². The van der Waals surface area contributed by atoms with Crippen LogP contribution in [0.15, 0.2) is 47.4 Å². The Kier molecular flexibility index (Phi) is 5.18. The van der Waals surface area contributed by atoms with Crippen molar-refractivity contribution in [3.8, 4) is 17.0 Å². The smallest absolute Gasteiger partial charge is 0.361 e. The number of hydrogen-bond donors (Lipinski definition) is 1. The van der Waals surface area contributed by atoms with Gasteiger partial charge in [0.05, 0.1) is 12.2 Å². The highest BCUT2D eigenvalue weighted by Gasteiger charge is 2.13. The summed E-state index contributed by atoms with van der Waals surface area (Å²) in [5, 5.41) is 13.9. The number of aromatic nitrogens is 6. The quantitative estimate of drug-likeness (QED) is 0.530. The predicted molar refractivity (Wildman–Crippen MR) is 109 cm³/mol. The minimum atomic E-state index is -0.456.